The van der Waals surface area contributed by atoms with Crippen LogP contribution >= 0.6 is 12.6 Å². The Hall–Kier alpha value is -3.19. The predicted molar refractivity (Wildman–Crippen MR) is 159 cm³/mol. The van der Waals surface area contributed by atoms with E-state index < -0.39 is 41.6 Å². The van der Waals surface area contributed by atoms with Gasteiger partial charge in [0.2, 0.25) is 11.8 Å². The average Bonchev–Trinajstić information content (AvgIpc) is 2.89. The van der Waals surface area contributed by atoms with Crippen molar-refractivity contribution in [3.63, 3.8) is 0 Å². The van der Waals surface area contributed by atoms with Crippen molar-refractivity contribution >= 4 is 36.5 Å². The summed E-state index contributed by atoms with van der Waals surface area (Å²) in [6.45, 7) is 9.50. The molecule has 9 nitrogen and oxygen atoms in total. The lowest BCUT2D eigenvalue weighted by molar-refractivity contribution is -0.144. The molecular formula is C30H45N3O6S. The molecule has 222 valence electrons. The van der Waals surface area contributed by atoms with Crippen LogP contribution in [0.2, 0.25) is 0 Å². The monoisotopic (exact) mass is 575 g/mol. The molecule has 0 fully saturated rings. The van der Waals surface area contributed by atoms with Gasteiger partial charge in [0, 0.05) is 24.4 Å². The van der Waals surface area contributed by atoms with Crippen LogP contribution in [0, 0.1) is 12.3 Å². The zero-order valence-electron chi connectivity index (χ0n) is 24.5. The van der Waals surface area contributed by atoms with Crippen LogP contribution in [0.15, 0.2) is 24.3 Å². The molecule has 10 heteroatoms. The maximum Gasteiger partial charge on any atom is 0.408 e. The lowest BCUT2D eigenvalue weighted by Crippen LogP contribution is -2.54. The summed E-state index contributed by atoms with van der Waals surface area (Å²) in [6.07, 6.45) is 9.60. The second-order valence-electron chi connectivity index (χ2n) is 10.3. The Morgan fingerprint density at radius 2 is 1.75 bits per heavy atom. The second kappa shape index (κ2) is 18.2. The van der Waals surface area contributed by atoms with Gasteiger partial charge in [0.05, 0.1) is 13.0 Å². The minimum atomic E-state index is -1.10. The van der Waals surface area contributed by atoms with Gasteiger partial charge in [-0.25, -0.2) is 4.79 Å². The number of esters is 1. The molecule has 2 unspecified atom stereocenters. The largest absolute Gasteiger partial charge is 0.466 e. The minimum Gasteiger partial charge on any atom is -0.466 e. The van der Waals surface area contributed by atoms with E-state index in [1.807, 2.05) is 0 Å². The molecule has 0 saturated heterocycles. The van der Waals surface area contributed by atoms with Crippen LogP contribution in [0.4, 0.5) is 4.79 Å². The minimum absolute atomic E-state index is 0.0155. The lowest BCUT2D eigenvalue weighted by atomic mass is 9.97. The summed E-state index contributed by atoms with van der Waals surface area (Å²) in [5, 5.41) is 5.36. The Bertz CT molecular complexity index is 1020. The Morgan fingerprint density at radius 1 is 1.07 bits per heavy atom. The second-order valence-corrected chi connectivity index (χ2v) is 10.7. The summed E-state index contributed by atoms with van der Waals surface area (Å²) in [6, 6.07) is 4.75. The molecule has 0 aromatic heterocycles. The molecule has 0 heterocycles. The number of unbranched alkanes of at least 4 members (excludes halogenated alkanes) is 4. The molecule has 0 radical (unpaired) electrons. The zero-order valence-corrected chi connectivity index (χ0v) is 25.4. The van der Waals surface area contributed by atoms with Gasteiger partial charge in [-0.1, -0.05) is 56.7 Å². The molecule has 2 atom stereocenters. The van der Waals surface area contributed by atoms with Crippen LogP contribution in [0.5, 0.6) is 0 Å². The van der Waals surface area contributed by atoms with Crippen molar-refractivity contribution in [3.8, 4) is 12.3 Å². The highest BCUT2D eigenvalue weighted by atomic mass is 32.1. The highest BCUT2D eigenvalue weighted by Crippen LogP contribution is 2.26. The van der Waals surface area contributed by atoms with Crippen LogP contribution < -0.4 is 10.6 Å². The fourth-order valence-corrected chi connectivity index (χ4v) is 4.27. The number of ether oxygens (including phenoxy) is 2. The molecule has 1 aromatic rings. The van der Waals surface area contributed by atoms with Gasteiger partial charge in [-0.05, 0) is 45.7 Å². The molecule has 40 heavy (non-hydrogen) atoms. The van der Waals surface area contributed by atoms with E-state index in [0.29, 0.717) is 17.5 Å². The number of terminal acetylenes is 1. The van der Waals surface area contributed by atoms with Crippen molar-refractivity contribution < 1.29 is 28.7 Å². The fourth-order valence-electron chi connectivity index (χ4n) is 4.02. The number of nitrogens with zero attached hydrogens (tertiary/aromatic N) is 1. The maximum atomic E-state index is 14.0. The first-order chi connectivity index (χ1) is 19.0. The van der Waals surface area contributed by atoms with Crippen LogP contribution in [-0.2, 0) is 23.9 Å². The van der Waals surface area contributed by atoms with Gasteiger partial charge in [-0.15, -0.1) is 6.42 Å². The van der Waals surface area contributed by atoms with Crippen molar-refractivity contribution in [2.75, 3.05) is 25.4 Å². The molecule has 0 bridgehead atoms. The molecule has 1 rings (SSSR count). The number of hydrogen-bond acceptors (Lipinski definition) is 7. The van der Waals surface area contributed by atoms with E-state index in [4.69, 9.17) is 15.9 Å². The van der Waals surface area contributed by atoms with Crippen LogP contribution in [0.1, 0.15) is 90.3 Å². The maximum absolute atomic E-state index is 14.0. The average molecular weight is 576 g/mol. The molecule has 0 spiro atoms. The number of hydrogen-bond donors (Lipinski definition) is 3. The molecule has 0 aliphatic rings. The molecule has 0 saturated carbocycles. The van der Waals surface area contributed by atoms with E-state index >= 15 is 0 Å². The molecule has 0 aliphatic heterocycles. The highest BCUT2D eigenvalue weighted by molar-refractivity contribution is 7.80. The van der Waals surface area contributed by atoms with E-state index in [1.54, 1.807) is 52.0 Å². The predicted octanol–water partition coefficient (Wildman–Crippen LogP) is 4.40. The first-order valence-electron chi connectivity index (χ1n) is 13.9. The molecular weight excluding hydrogens is 530 g/mol. The van der Waals surface area contributed by atoms with Crippen LogP contribution in [0.25, 0.3) is 0 Å². The Balaban J connectivity index is 3.41. The number of amides is 3. The SMILES string of the molecule is C#Cc1ccccc1C(C(=O)NCCC(=O)OCC)N(CCCCCCC)C(=O)C(CS)NC(=O)OC(C)(C)C. The number of carbonyl (C=O) groups is 4. The Labute approximate surface area is 244 Å². The van der Waals surface area contributed by atoms with E-state index in [2.05, 4.69) is 36.1 Å². The lowest BCUT2D eigenvalue weighted by Gasteiger charge is -2.34. The quantitative estimate of drug-likeness (QED) is 0.117. The first kappa shape index (κ1) is 34.8. The standard InChI is InChI=1S/C30H45N3O6S/c1-7-10-11-12-15-20-33(28(36)24(21-40)32-29(37)39-30(4,5)6)26(23-17-14-13-16-22(23)8-2)27(35)31-19-18-25(34)38-9-3/h2,13-14,16-17,24,26,40H,7,9-12,15,18-21H2,1,3-6H3,(H,31,35)(H,32,37). The van der Waals surface area contributed by atoms with E-state index in [0.717, 1.165) is 25.7 Å². The van der Waals surface area contributed by atoms with Crippen molar-refractivity contribution in [1.82, 2.24) is 15.5 Å². The molecule has 1 aromatic carbocycles. The summed E-state index contributed by atoms with van der Waals surface area (Å²) < 4.78 is 10.3. The van der Waals surface area contributed by atoms with Gasteiger partial charge in [0.25, 0.3) is 0 Å². The number of alkyl carbamates (subject to hydrolysis) is 1. The van der Waals surface area contributed by atoms with Gasteiger partial charge in [-0.3, -0.25) is 14.4 Å². The fraction of sp³-hybridized carbons (Fsp3) is 0.600. The van der Waals surface area contributed by atoms with E-state index in [9.17, 15) is 19.2 Å². The van der Waals surface area contributed by atoms with Crippen LogP contribution in [-0.4, -0.2) is 65.9 Å². The van der Waals surface area contributed by atoms with E-state index in [-0.39, 0.29) is 31.9 Å². The van der Waals surface area contributed by atoms with Crippen molar-refractivity contribution in [2.24, 2.45) is 0 Å². The number of carbonyl (C=O) groups excluding carboxylic acids is 4. The highest BCUT2D eigenvalue weighted by Gasteiger charge is 2.36. The zero-order chi connectivity index (χ0) is 30.1. The summed E-state index contributed by atoms with van der Waals surface area (Å²) in [4.78, 5) is 53.5. The summed E-state index contributed by atoms with van der Waals surface area (Å²) >= 11 is 4.32. The molecule has 3 amide bonds. The summed E-state index contributed by atoms with van der Waals surface area (Å²) in [5.74, 6) is 1.16. The number of nitrogens with one attached hydrogen (secondary N) is 2. The number of rotatable bonds is 16. The van der Waals surface area contributed by atoms with Crippen molar-refractivity contribution in [3.05, 3.63) is 35.4 Å². The van der Waals surface area contributed by atoms with E-state index in [1.165, 1.54) is 4.90 Å². The third kappa shape index (κ3) is 12.3. The number of thiol groups is 1. The normalized spacial score (nSPS) is 12.4. The van der Waals surface area contributed by atoms with Gasteiger partial charge >= 0.3 is 12.1 Å². The van der Waals surface area contributed by atoms with Gasteiger partial charge in [0.15, 0.2) is 0 Å². The molecule has 2 N–H and O–H groups in total. The Morgan fingerprint density at radius 3 is 2.35 bits per heavy atom. The third-order valence-corrected chi connectivity index (χ3v) is 6.23. The first-order valence-corrected chi connectivity index (χ1v) is 14.5. The van der Waals surface area contributed by atoms with Gasteiger partial charge < -0.3 is 25.0 Å². The molecule has 0 aliphatic carbocycles. The third-order valence-electron chi connectivity index (χ3n) is 5.86. The van der Waals surface area contributed by atoms with Crippen molar-refractivity contribution in [1.29, 1.82) is 0 Å². The topological polar surface area (TPSA) is 114 Å². The Kier molecular flexibility index (Phi) is 15.9. The summed E-state index contributed by atoms with van der Waals surface area (Å²) in [5.41, 5.74) is 0.162. The van der Waals surface area contributed by atoms with Crippen molar-refractivity contribution in [2.45, 2.75) is 90.8 Å². The van der Waals surface area contributed by atoms with Crippen LogP contribution in [0.3, 0.4) is 0 Å². The smallest absolute Gasteiger partial charge is 0.408 e. The number of benzene rings is 1. The van der Waals surface area contributed by atoms with Gasteiger partial charge in [0.1, 0.15) is 17.7 Å². The van der Waals surface area contributed by atoms with Gasteiger partial charge in [-0.2, -0.15) is 12.6 Å². The summed E-state index contributed by atoms with van der Waals surface area (Å²) in [7, 11) is 0.